The third-order valence-corrected chi connectivity index (χ3v) is 3.02. The van der Waals surface area contributed by atoms with Crippen LogP contribution in [-0.2, 0) is 5.54 Å². The maximum absolute atomic E-state index is 6.65. The number of methoxy groups -OCH3 is 1. The van der Waals surface area contributed by atoms with E-state index < -0.39 is 0 Å². The molecule has 102 valence electrons. The third kappa shape index (κ3) is 4.00. The fraction of sp³-hybridized carbons (Fsp3) is 0.600. The lowest BCUT2D eigenvalue weighted by Crippen LogP contribution is -2.46. The average molecular weight is 250 g/mol. The number of rotatable bonds is 6. The molecule has 0 aliphatic rings. The Bertz CT molecular complexity index is 365. The van der Waals surface area contributed by atoms with Crippen molar-refractivity contribution in [1.82, 2.24) is 4.90 Å². The van der Waals surface area contributed by atoms with Crippen LogP contribution in [0, 0.1) is 5.92 Å². The number of hydrogen-bond acceptors (Lipinski definition) is 3. The average Bonchev–Trinajstić information content (AvgIpc) is 2.27. The summed E-state index contributed by atoms with van der Waals surface area (Å²) in [5.41, 5.74) is 7.46. The summed E-state index contributed by atoms with van der Waals surface area (Å²) < 4.78 is 5.29. The van der Waals surface area contributed by atoms with Crippen molar-refractivity contribution in [2.45, 2.75) is 25.8 Å². The third-order valence-electron chi connectivity index (χ3n) is 3.02. The first-order valence-corrected chi connectivity index (χ1v) is 6.45. The van der Waals surface area contributed by atoms with Crippen LogP contribution in [-0.4, -0.2) is 32.6 Å². The number of hydrogen-bond donors (Lipinski definition) is 1. The van der Waals surface area contributed by atoms with Crippen LogP contribution >= 0.6 is 0 Å². The number of benzene rings is 1. The molecule has 0 aliphatic heterocycles. The van der Waals surface area contributed by atoms with Gasteiger partial charge in [-0.2, -0.15) is 0 Å². The smallest absolute Gasteiger partial charge is 0.119 e. The van der Waals surface area contributed by atoms with Gasteiger partial charge in [0.2, 0.25) is 0 Å². The number of nitrogens with zero attached hydrogens (tertiary/aromatic N) is 1. The van der Waals surface area contributed by atoms with Crippen molar-refractivity contribution in [2.24, 2.45) is 11.7 Å². The number of nitrogens with two attached hydrogens (primary N) is 1. The summed E-state index contributed by atoms with van der Waals surface area (Å²) in [4.78, 5) is 2.14. The minimum absolute atomic E-state index is 0.327. The highest BCUT2D eigenvalue weighted by molar-refractivity contribution is 5.33. The fourth-order valence-electron chi connectivity index (χ4n) is 2.50. The van der Waals surface area contributed by atoms with Gasteiger partial charge in [-0.15, -0.1) is 0 Å². The molecule has 3 heteroatoms. The fourth-order valence-corrected chi connectivity index (χ4v) is 2.50. The summed E-state index contributed by atoms with van der Waals surface area (Å²) in [5, 5.41) is 0. The molecule has 3 nitrogen and oxygen atoms in total. The summed E-state index contributed by atoms with van der Waals surface area (Å²) in [7, 11) is 5.80. The van der Waals surface area contributed by atoms with E-state index in [-0.39, 0.29) is 5.54 Å². The van der Waals surface area contributed by atoms with Crippen molar-refractivity contribution >= 4 is 0 Å². The van der Waals surface area contributed by atoms with Gasteiger partial charge in [0.25, 0.3) is 0 Å². The highest BCUT2D eigenvalue weighted by Crippen LogP contribution is 2.29. The highest BCUT2D eigenvalue weighted by atomic mass is 16.5. The van der Waals surface area contributed by atoms with E-state index in [9.17, 15) is 0 Å². The normalized spacial score (nSPS) is 14.9. The molecule has 0 saturated carbocycles. The highest BCUT2D eigenvalue weighted by Gasteiger charge is 2.29. The van der Waals surface area contributed by atoms with Gasteiger partial charge in [0.05, 0.1) is 12.6 Å². The molecule has 0 saturated heterocycles. The van der Waals surface area contributed by atoms with Crippen molar-refractivity contribution < 1.29 is 4.74 Å². The van der Waals surface area contributed by atoms with Crippen LogP contribution in [0.2, 0.25) is 0 Å². The zero-order chi connectivity index (χ0) is 13.8. The molecule has 0 spiro atoms. The van der Waals surface area contributed by atoms with Gasteiger partial charge >= 0.3 is 0 Å². The minimum Gasteiger partial charge on any atom is -0.497 e. The maximum Gasteiger partial charge on any atom is 0.119 e. The van der Waals surface area contributed by atoms with E-state index in [1.165, 1.54) is 0 Å². The lowest BCUT2D eigenvalue weighted by Gasteiger charge is -2.34. The van der Waals surface area contributed by atoms with Crippen LogP contribution in [0.5, 0.6) is 5.75 Å². The Labute approximate surface area is 111 Å². The van der Waals surface area contributed by atoms with E-state index in [0.717, 1.165) is 24.3 Å². The van der Waals surface area contributed by atoms with Crippen molar-refractivity contribution in [3.63, 3.8) is 0 Å². The second-order valence-corrected chi connectivity index (χ2v) is 5.72. The topological polar surface area (TPSA) is 38.5 Å². The standard InChI is InChI=1S/C15H26N2O/c1-12(2)10-15(16,11-17(3)4)13-7-6-8-14(9-13)18-5/h6-9,12H,10-11,16H2,1-5H3. The van der Waals surface area contributed by atoms with Gasteiger partial charge in [-0.1, -0.05) is 26.0 Å². The monoisotopic (exact) mass is 250 g/mol. The first kappa shape index (κ1) is 15.0. The molecule has 0 heterocycles. The molecular weight excluding hydrogens is 224 g/mol. The largest absolute Gasteiger partial charge is 0.497 e. The molecule has 2 N–H and O–H groups in total. The van der Waals surface area contributed by atoms with Crippen LogP contribution in [0.15, 0.2) is 24.3 Å². The number of ether oxygens (including phenoxy) is 1. The van der Waals surface area contributed by atoms with Gasteiger partial charge in [0, 0.05) is 6.54 Å². The molecule has 18 heavy (non-hydrogen) atoms. The quantitative estimate of drug-likeness (QED) is 0.843. The molecule has 1 atom stereocenters. The molecule has 1 rings (SSSR count). The summed E-state index contributed by atoms with van der Waals surface area (Å²) in [6, 6.07) is 8.10. The number of likely N-dealkylation sites (N-methyl/N-ethyl adjacent to an activating group) is 1. The second-order valence-electron chi connectivity index (χ2n) is 5.72. The first-order valence-electron chi connectivity index (χ1n) is 6.45. The second kappa shape index (κ2) is 6.21. The van der Waals surface area contributed by atoms with Crippen molar-refractivity contribution in [3.8, 4) is 5.75 Å². The Balaban J connectivity index is 3.07. The summed E-state index contributed by atoms with van der Waals surface area (Å²) in [6.07, 6.45) is 0.957. The maximum atomic E-state index is 6.65. The van der Waals surface area contributed by atoms with E-state index in [1.807, 2.05) is 18.2 Å². The Kier molecular flexibility index (Phi) is 5.17. The summed E-state index contributed by atoms with van der Waals surface area (Å²) >= 11 is 0. The Morgan fingerprint density at radius 3 is 2.50 bits per heavy atom. The van der Waals surface area contributed by atoms with Gasteiger partial charge in [-0.3, -0.25) is 0 Å². The van der Waals surface area contributed by atoms with Crippen LogP contribution in [0.3, 0.4) is 0 Å². The van der Waals surface area contributed by atoms with Gasteiger partial charge in [0.1, 0.15) is 5.75 Å². The van der Waals surface area contributed by atoms with E-state index in [0.29, 0.717) is 5.92 Å². The molecule has 0 fully saturated rings. The van der Waals surface area contributed by atoms with Crippen LogP contribution in [0.25, 0.3) is 0 Å². The Morgan fingerprint density at radius 2 is 2.00 bits per heavy atom. The van der Waals surface area contributed by atoms with E-state index in [2.05, 4.69) is 38.9 Å². The molecule has 1 aromatic carbocycles. The summed E-state index contributed by atoms with van der Waals surface area (Å²) in [5.74, 6) is 1.42. The van der Waals surface area contributed by atoms with Crippen molar-refractivity contribution in [1.29, 1.82) is 0 Å². The predicted molar refractivity (Wildman–Crippen MR) is 76.9 cm³/mol. The Hall–Kier alpha value is -1.06. The molecule has 0 aromatic heterocycles. The van der Waals surface area contributed by atoms with Gasteiger partial charge in [-0.25, -0.2) is 0 Å². The predicted octanol–water partition coefficient (Wildman–Crippen LogP) is 2.46. The van der Waals surface area contributed by atoms with Gasteiger partial charge in [0.15, 0.2) is 0 Å². The van der Waals surface area contributed by atoms with E-state index in [1.54, 1.807) is 7.11 Å². The lowest BCUT2D eigenvalue weighted by molar-refractivity contribution is 0.248. The molecule has 0 amide bonds. The Morgan fingerprint density at radius 1 is 1.33 bits per heavy atom. The van der Waals surface area contributed by atoms with E-state index >= 15 is 0 Å². The minimum atomic E-state index is -0.327. The first-order chi connectivity index (χ1) is 8.37. The molecule has 1 unspecified atom stereocenters. The SMILES string of the molecule is COc1cccc(C(N)(CC(C)C)CN(C)C)c1. The van der Waals surface area contributed by atoms with Crippen LogP contribution in [0.4, 0.5) is 0 Å². The molecule has 1 aromatic rings. The zero-order valence-electron chi connectivity index (χ0n) is 12.2. The van der Waals surface area contributed by atoms with Crippen molar-refractivity contribution in [3.05, 3.63) is 29.8 Å². The van der Waals surface area contributed by atoms with Crippen LogP contribution < -0.4 is 10.5 Å². The molecule has 0 aliphatic carbocycles. The molecule has 0 bridgehead atoms. The van der Waals surface area contributed by atoms with E-state index in [4.69, 9.17) is 10.5 Å². The van der Waals surface area contributed by atoms with Crippen molar-refractivity contribution in [2.75, 3.05) is 27.7 Å². The van der Waals surface area contributed by atoms with Crippen LogP contribution in [0.1, 0.15) is 25.8 Å². The van der Waals surface area contributed by atoms with Gasteiger partial charge < -0.3 is 15.4 Å². The molecule has 0 radical (unpaired) electrons. The molecular formula is C15H26N2O. The lowest BCUT2D eigenvalue weighted by atomic mass is 9.82. The summed E-state index contributed by atoms with van der Waals surface area (Å²) in [6.45, 7) is 5.24. The van der Waals surface area contributed by atoms with Gasteiger partial charge in [-0.05, 0) is 44.1 Å². The zero-order valence-corrected chi connectivity index (χ0v) is 12.2.